The molecular formula is C44H63N2O17S4+. The maximum atomic E-state index is 13.0. The van der Waals surface area contributed by atoms with Crippen molar-refractivity contribution in [1.29, 1.82) is 0 Å². The van der Waals surface area contributed by atoms with Crippen molar-refractivity contribution in [1.82, 2.24) is 0 Å². The molecule has 2 aliphatic heterocycles. The van der Waals surface area contributed by atoms with Crippen LogP contribution in [0.5, 0.6) is 0 Å². The molecule has 23 heteroatoms. The van der Waals surface area contributed by atoms with Crippen LogP contribution in [0.4, 0.5) is 11.4 Å². The maximum absolute atomic E-state index is 13.0. The molecule has 2 aromatic rings. The van der Waals surface area contributed by atoms with E-state index in [-0.39, 0.29) is 54.3 Å². The summed E-state index contributed by atoms with van der Waals surface area (Å²) in [6, 6.07) is 8.82. The number of benzene rings is 2. The molecule has 2 heterocycles. The molecule has 2 aromatic carbocycles. The second-order valence-electron chi connectivity index (χ2n) is 16.4. The quantitative estimate of drug-likeness (QED) is 0.0300. The molecule has 374 valence electrons. The number of allylic oxidation sites excluding steroid dienone is 6. The third-order valence-corrected chi connectivity index (χ3v) is 16.1. The van der Waals surface area contributed by atoms with Gasteiger partial charge in [0.2, 0.25) is 5.69 Å². The van der Waals surface area contributed by atoms with Crippen molar-refractivity contribution >= 4 is 63.5 Å². The number of methoxy groups -OCH3 is 1. The van der Waals surface area contributed by atoms with Crippen LogP contribution in [0.1, 0.15) is 76.3 Å². The van der Waals surface area contributed by atoms with E-state index in [4.69, 9.17) is 22.6 Å². The first-order chi connectivity index (χ1) is 31.4. The van der Waals surface area contributed by atoms with Gasteiger partial charge in [-0.1, -0.05) is 18.2 Å². The Kier molecular flexibility index (Phi) is 20.0. The summed E-state index contributed by atoms with van der Waals surface area (Å²) in [6.45, 7) is 6.09. The van der Waals surface area contributed by atoms with Crippen LogP contribution in [-0.4, -0.2) is 143 Å². The molecular weight excluding hydrogens is 957 g/mol. The third kappa shape index (κ3) is 15.1. The van der Waals surface area contributed by atoms with Crippen molar-refractivity contribution in [2.75, 3.05) is 83.9 Å². The second kappa shape index (κ2) is 24.1. The first kappa shape index (κ1) is 55.7. The first-order valence-corrected chi connectivity index (χ1v) is 27.6. The van der Waals surface area contributed by atoms with Gasteiger partial charge in [-0.25, -0.2) is 0 Å². The number of hydrogen-bond acceptors (Lipinski definition) is 15. The molecule has 2 unspecified atom stereocenters. The molecule has 2 atom stereocenters. The van der Waals surface area contributed by atoms with Gasteiger partial charge in [-0.15, -0.1) is 0 Å². The topological polar surface area (TPSA) is 267 Å². The number of carboxylic acid groups (broad SMARTS) is 1. The minimum atomic E-state index is -4.64. The minimum absolute atomic E-state index is 0.00475. The number of aliphatic carboxylic acids is 1. The van der Waals surface area contributed by atoms with E-state index < -0.39 is 63.0 Å². The predicted molar refractivity (Wildman–Crippen MR) is 250 cm³/mol. The molecule has 0 aromatic heterocycles. The molecule has 3 N–H and O–H groups in total. The highest BCUT2D eigenvalue weighted by molar-refractivity contribution is 7.87. The summed E-state index contributed by atoms with van der Waals surface area (Å²) in [4.78, 5) is 12.7. The van der Waals surface area contributed by atoms with Crippen molar-refractivity contribution < 1.29 is 79.8 Å². The summed E-state index contributed by atoms with van der Waals surface area (Å²) >= 11 is 0. The van der Waals surface area contributed by atoms with E-state index in [0.29, 0.717) is 92.7 Å². The smallest absolute Gasteiger partial charge is 0.303 e. The van der Waals surface area contributed by atoms with Gasteiger partial charge >= 0.3 is 5.97 Å². The van der Waals surface area contributed by atoms with E-state index in [1.807, 2.05) is 29.4 Å². The lowest BCUT2D eigenvalue weighted by atomic mass is 9.76. The Hall–Kier alpha value is -3.88. The summed E-state index contributed by atoms with van der Waals surface area (Å²) < 4.78 is 147. The summed E-state index contributed by atoms with van der Waals surface area (Å²) in [6.07, 6.45) is 10.9. The number of unbranched alkanes of at least 4 members (excludes halogenated alkanes) is 2. The molecule has 2 aliphatic rings. The first-order valence-electron chi connectivity index (χ1n) is 21.6. The summed E-state index contributed by atoms with van der Waals surface area (Å²) in [5.41, 5.74) is 1.75. The monoisotopic (exact) mass is 1020 g/mol. The number of fused-ring (bicyclic) bond motifs is 2. The average Bonchev–Trinajstić information content (AvgIpc) is 3.62. The van der Waals surface area contributed by atoms with E-state index in [9.17, 15) is 52.7 Å². The fourth-order valence-corrected chi connectivity index (χ4v) is 10.8. The Labute approximate surface area is 394 Å². The normalized spacial score (nSPS) is 19.6. The lowest BCUT2D eigenvalue weighted by Gasteiger charge is -2.30. The molecule has 67 heavy (non-hydrogen) atoms. The SMILES string of the molecule is COCCOCCOCCN1/C(=C/C=C/C=C/C2=[N+](CCCCCC(=O)O)c3ccc(S(=O)(=O)O)cc3C2(C)CCCS(=O)(=O)O)C(C)(CCCS(=O)(=O)OC)c2cc(S(=O)(=O)OC)ccc21. The van der Waals surface area contributed by atoms with Gasteiger partial charge in [-0.2, -0.15) is 38.2 Å². The zero-order valence-corrected chi connectivity index (χ0v) is 41.7. The van der Waals surface area contributed by atoms with Crippen LogP contribution in [0.2, 0.25) is 0 Å². The van der Waals surface area contributed by atoms with Gasteiger partial charge in [0.25, 0.3) is 40.5 Å². The molecule has 0 saturated carbocycles. The van der Waals surface area contributed by atoms with E-state index in [1.54, 1.807) is 43.5 Å². The Morgan fingerprint density at radius 3 is 2.00 bits per heavy atom. The van der Waals surface area contributed by atoms with Crippen molar-refractivity contribution in [3.05, 3.63) is 83.6 Å². The molecule has 0 saturated heterocycles. The van der Waals surface area contributed by atoms with Gasteiger partial charge < -0.3 is 24.2 Å². The van der Waals surface area contributed by atoms with Gasteiger partial charge in [0.05, 0.1) is 74.0 Å². The van der Waals surface area contributed by atoms with E-state index >= 15 is 0 Å². The number of nitrogens with zero attached hydrogens (tertiary/aromatic N) is 2. The summed E-state index contributed by atoms with van der Waals surface area (Å²) in [5.74, 6) is -1.78. The zero-order chi connectivity index (χ0) is 49.7. The van der Waals surface area contributed by atoms with E-state index in [0.717, 1.165) is 14.2 Å². The minimum Gasteiger partial charge on any atom is -0.481 e. The van der Waals surface area contributed by atoms with Crippen LogP contribution in [0.15, 0.2) is 82.3 Å². The predicted octanol–water partition coefficient (Wildman–Crippen LogP) is 5.15. The lowest BCUT2D eigenvalue weighted by Crippen LogP contribution is -2.32. The Balaban J connectivity index is 1.82. The fraction of sp³-hybridized carbons (Fsp3) is 0.545. The van der Waals surface area contributed by atoms with Gasteiger partial charge in [0.15, 0.2) is 5.71 Å². The largest absolute Gasteiger partial charge is 0.481 e. The van der Waals surface area contributed by atoms with Crippen molar-refractivity contribution in [2.24, 2.45) is 0 Å². The fourth-order valence-electron chi connectivity index (χ4n) is 8.48. The standard InChI is InChI=1S/C44H62N2O17S4/c1-43(21-12-30-64(49,50)51)36-32-34(66(54,55)56)17-19-38(36)45(23-11-7-10-16-42(47)48)40(43)14-8-6-9-15-41-44(2,22-13-31-65(52,53)60-4)37-33-35(67(57,58)61-5)18-20-39(37)46(41)24-25-62-28-29-63-27-26-59-3/h6,8-9,14-15,17-20,32-33H,7,10-13,16,21-31H2,1-5H3,(H2-,47,48,49,50,51,54,55,56)/p+1. The lowest BCUT2D eigenvalue weighted by molar-refractivity contribution is -0.438. The van der Waals surface area contributed by atoms with E-state index in [1.165, 1.54) is 24.3 Å². The molecule has 0 amide bonds. The van der Waals surface area contributed by atoms with E-state index in [2.05, 4.69) is 0 Å². The van der Waals surface area contributed by atoms with Crippen molar-refractivity contribution in [3.8, 4) is 0 Å². The summed E-state index contributed by atoms with van der Waals surface area (Å²) in [5, 5.41) is 9.18. The van der Waals surface area contributed by atoms with Crippen molar-refractivity contribution in [3.63, 3.8) is 0 Å². The van der Waals surface area contributed by atoms with Gasteiger partial charge in [-0.3, -0.25) is 22.3 Å². The number of carbonyl (C=O) groups is 1. The highest BCUT2D eigenvalue weighted by Crippen LogP contribution is 2.51. The van der Waals surface area contributed by atoms with Crippen LogP contribution in [-0.2, 0) is 78.7 Å². The maximum Gasteiger partial charge on any atom is 0.303 e. The molecule has 19 nitrogen and oxygen atoms in total. The number of hydrogen-bond donors (Lipinski definition) is 3. The van der Waals surface area contributed by atoms with Crippen LogP contribution < -0.4 is 4.90 Å². The molecule has 0 bridgehead atoms. The molecule has 0 fully saturated rings. The Morgan fingerprint density at radius 2 is 1.36 bits per heavy atom. The number of ether oxygens (including phenoxy) is 3. The average molecular weight is 1020 g/mol. The molecule has 0 spiro atoms. The van der Waals surface area contributed by atoms with Crippen LogP contribution in [0.3, 0.4) is 0 Å². The van der Waals surface area contributed by atoms with Crippen LogP contribution in [0, 0.1) is 0 Å². The highest BCUT2D eigenvalue weighted by Gasteiger charge is 2.48. The number of carboxylic acids is 1. The van der Waals surface area contributed by atoms with Crippen LogP contribution >= 0.6 is 0 Å². The Bertz CT molecular complexity index is 2640. The molecule has 0 radical (unpaired) electrons. The third-order valence-electron chi connectivity index (χ3n) is 11.9. The summed E-state index contributed by atoms with van der Waals surface area (Å²) in [7, 11) is -13.2. The van der Waals surface area contributed by atoms with Crippen molar-refractivity contribution in [2.45, 2.75) is 85.8 Å². The highest BCUT2D eigenvalue weighted by atomic mass is 32.2. The number of rotatable bonds is 30. The molecule has 4 rings (SSSR count). The van der Waals surface area contributed by atoms with Gasteiger partial charge in [0, 0.05) is 61.0 Å². The van der Waals surface area contributed by atoms with Crippen LogP contribution in [0.25, 0.3) is 0 Å². The number of anilines is 1. The zero-order valence-electron chi connectivity index (χ0n) is 38.5. The Morgan fingerprint density at radius 1 is 0.716 bits per heavy atom. The molecule has 0 aliphatic carbocycles. The van der Waals surface area contributed by atoms with Gasteiger partial charge in [0.1, 0.15) is 6.54 Å². The van der Waals surface area contributed by atoms with Gasteiger partial charge in [-0.05, 0) is 94.3 Å². The second-order valence-corrected chi connectivity index (χ2v) is 23.0.